The van der Waals surface area contributed by atoms with Gasteiger partial charge >= 0.3 is 12.0 Å². The third-order valence-corrected chi connectivity index (χ3v) is 3.70. The second-order valence-corrected chi connectivity index (χ2v) is 5.52. The third kappa shape index (κ3) is 3.48. The number of aromatic carboxylic acids is 1. The van der Waals surface area contributed by atoms with Crippen molar-refractivity contribution in [3.8, 4) is 6.01 Å². The third-order valence-electron chi connectivity index (χ3n) is 2.36. The van der Waals surface area contributed by atoms with E-state index in [0.29, 0.717) is 6.61 Å². The number of carboxylic acids is 1. The fourth-order valence-electron chi connectivity index (χ4n) is 1.47. The average molecular weight is 312 g/mol. The molecule has 0 aliphatic carbocycles. The molecule has 0 spiro atoms. The lowest BCUT2D eigenvalue weighted by Crippen LogP contribution is -2.14. The molecule has 9 nitrogen and oxygen atoms in total. The van der Waals surface area contributed by atoms with Crippen LogP contribution in [0.5, 0.6) is 6.01 Å². The second-order valence-electron chi connectivity index (χ2n) is 3.84. The maximum absolute atomic E-state index is 12.1. The zero-order valence-electron chi connectivity index (χ0n) is 10.9. The number of ether oxygens (including phenoxy) is 1. The number of carboxylic acid groups (broad SMARTS) is 1. The number of nitrogens with one attached hydrogen (secondary N) is 2. The van der Waals surface area contributed by atoms with E-state index in [2.05, 4.69) is 19.9 Å². The Labute approximate surface area is 120 Å². The van der Waals surface area contributed by atoms with Crippen LogP contribution in [0.2, 0.25) is 0 Å². The summed E-state index contributed by atoms with van der Waals surface area (Å²) in [5.41, 5.74) is -0.134. The molecule has 0 amide bonds. The van der Waals surface area contributed by atoms with E-state index >= 15 is 0 Å². The van der Waals surface area contributed by atoms with Crippen LogP contribution in [0.1, 0.15) is 17.3 Å². The minimum Gasteiger partial charge on any atom is -0.478 e. The predicted molar refractivity (Wildman–Crippen MR) is 71.8 cm³/mol. The molecule has 1 aromatic heterocycles. The Balaban J connectivity index is 2.25. The number of rotatable bonds is 6. The maximum atomic E-state index is 12.1. The van der Waals surface area contributed by atoms with E-state index in [-0.39, 0.29) is 22.4 Å². The number of hydrogen-bond acceptors (Lipinski definition) is 6. The topological polar surface area (TPSA) is 134 Å². The maximum Gasteiger partial charge on any atom is 0.337 e. The number of nitrogens with zero attached hydrogens (tertiary/aromatic N) is 2. The first-order valence-electron chi connectivity index (χ1n) is 5.84. The molecule has 0 aliphatic heterocycles. The van der Waals surface area contributed by atoms with E-state index in [1.54, 1.807) is 6.92 Å². The number of aromatic amines is 1. The van der Waals surface area contributed by atoms with E-state index in [1.807, 2.05) is 0 Å². The highest BCUT2D eigenvalue weighted by molar-refractivity contribution is 7.92. The van der Waals surface area contributed by atoms with Crippen molar-refractivity contribution in [3.63, 3.8) is 0 Å². The lowest BCUT2D eigenvalue weighted by molar-refractivity contribution is 0.0696. The van der Waals surface area contributed by atoms with Gasteiger partial charge in [0.1, 0.15) is 0 Å². The number of H-pyrrole nitrogens is 1. The summed E-state index contributed by atoms with van der Waals surface area (Å²) in [6, 6.07) is 4.96. The SMILES string of the molecule is CCOc1n[nH]c(NS(=O)(=O)c2cccc(C(=O)O)c2)n1. The van der Waals surface area contributed by atoms with Crippen LogP contribution in [0, 0.1) is 0 Å². The van der Waals surface area contributed by atoms with Gasteiger partial charge in [-0.15, -0.1) is 5.10 Å². The summed E-state index contributed by atoms with van der Waals surface area (Å²) in [6.07, 6.45) is 0. The summed E-state index contributed by atoms with van der Waals surface area (Å²) in [4.78, 5) is 14.4. The second kappa shape index (κ2) is 5.79. The van der Waals surface area contributed by atoms with Crippen molar-refractivity contribution >= 4 is 21.9 Å². The summed E-state index contributed by atoms with van der Waals surface area (Å²) in [5, 5.41) is 14.9. The van der Waals surface area contributed by atoms with Gasteiger partial charge in [-0.3, -0.25) is 0 Å². The molecular weight excluding hydrogens is 300 g/mol. The van der Waals surface area contributed by atoms with Crippen molar-refractivity contribution in [1.82, 2.24) is 15.2 Å². The van der Waals surface area contributed by atoms with E-state index < -0.39 is 16.0 Å². The number of benzene rings is 1. The molecule has 112 valence electrons. The van der Waals surface area contributed by atoms with Gasteiger partial charge in [0, 0.05) is 0 Å². The summed E-state index contributed by atoms with van der Waals surface area (Å²) >= 11 is 0. The van der Waals surface area contributed by atoms with Gasteiger partial charge in [0.25, 0.3) is 10.0 Å². The Morgan fingerprint density at radius 2 is 2.24 bits per heavy atom. The summed E-state index contributed by atoms with van der Waals surface area (Å²) in [7, 11) is -3.97. The molecular formula is C11H12N4O5S. The van der Waals surface area contributed by atoms with Crippen LogP contribution in [0.15, 0.2) is 29.2 Å². The molecule has 2 rings (SSSR count). The van der Waals surface area contributed by atoms with Crippen molar-refractivity contribution in [3.05, 3.63) is 29.8 Å². The van der Waals surface area contributed by atoms with E-state index in [0.717, 1.165) is 6.07 Å². The lowest BCUT2D eigenvalue weighted by Gasteiger charge is -2.05. The fourth-order valence-corrected chi connectivity index (χ4v) is 2.47. The minimum atomic E-state index is -3.97. The first-order valence-corrected chi connectivity index (χ1v) is 7.32. The molecule has 0 bridgehead atoms. The van der Waals surface area contributed by atoms with Crippen LogP contribution in [0.25, 0.3) is 0 Å². The summed E-state index contributed by atoms with van der Waals surface area (Å²) < 4.78 is 31.4. The molecule has 1 aromatic carbocycles. The first-order chi connectivity index (χ1) is 9.92. The molecule has 0 unspecified atom stereocenters. The first kappa shape index (κ1) is 14.8. The molecule has 0 saturated heterocycles. The predicted octanol–water partition coefficient (Wildman–Crippen LogP) is 0.702. The van der Waals surface area contributed by atoms with Gasteiger partial charge in [0.2, 0.25) is 5.95 Å². The van der Waals surface area contributed by atoms with Gasteiger partial charge in [-0.05, 0) is 25.1 Å². The molecule has 0 atom stereocenters. The van der Waals surface area contributed by atoms with Crippen LogP contribution in [0.4, 0.5) is 5.95 Å². The Kier molecular flexibility index (Phi) is 4.08. The number of hydrogen-bond donors (Lipinski definition) is 3. The number of anilines is 1. The molecule has 0 radical (unpaired) electrons. The largest absolute Gasteiger partial charge is 0.478 e. The zero-order chi connectivity index (χ0) is 15.5. The number of sulfonamides is 1. The van der Waals surface area contributed by atoms with Gasteiger partial charge in [0.15, 0.2) is 0 Å². The van der Waals surface area contributed by atoms with Crippen LogP contribution in [0.3, 0.4) is 0 Å². The monoisotopic (exact) mass is 312 g/mol. The molecule has 0 fully saturated rings. The standard InChI is InChI=1S/C11H12N4O5S/c1-2-20-11-12-10(13-14-11)15-21(18,19)8-5-3-4-7(6-8)9(16)17/h3-6H,2H2,1H3,(H,16,17)(H2,12,13,14,15). The van der Waals surface area contributed by atoms with Crippen LogP contribution >= 0.6 is 0 Å². The molecule has 0 aliphatic rings. The van der Waals surface area contributed by atoms with Gasteiger partial charge < -0.3 is 9.84 Å². The highest BCUT2D eigenvalue weighted by Gasteiger charge is 2.18. The molecule has 3 N–H and O–H groups in total. The molecule has 1 heterocycles. The minimum absolute atomic E-state index is 0.00878. The van der Waals surface area contributed by atoms with Crippen molar-refractivity contribution < 1.29 is 23.1 Å². The highest BCUT2D eigenvalue weighted by atomic mass is 32.2. The van der Waals surface area contributed by atoms with Crippen molar-refractivity contribution in [2.45, 2.75) is 11.8 Å². The molecule has 0 saturated carbocycles. The summed E-state index contributed by atoms with van der Waals surface area (Å²) in [6.45, 7) is 2.07. The van der Waals surface area contributed by atoms with Gasteiger partial charge in [-0.1, -0.05) is 6.07 Å². The Hall–Kier alpha value is -2.62. The van der Waals surface area contributed by atoms with Crippen LogP contribution in [-0.2, 0) is 10.0 Å². The quantitative estimate of drug-likeness (QED) is 0.714. The summed E-state index contributed by atoms with van der Waals surface area (Å²) in [5.74, 6) is -1.34. The molecule has 10 heteroatoms. The number of aromatic nitrogens is 3. The van der Waals surface area contributed by atoms with E-state index in [1.165, 1.54) is 18.2 Å². The van der Waals surface area contributed by atoms with Gasteiger partial charge in [-0.2, -0.15) is 4.98 Å². The van der Waals surface area contributed by atoms with E-state index in [4.69, 9.17) is 9.84 Å². The van der Waals surface area contributed by atoms with Crippen molar-refractivity contribution in [2.75, 3.05) is 11.3 Å². The lowest BCUT2D eigenvalue weighted by atomic mass is 10.2. The number of carbonyl (C=O) groups is 1. The molecule has 21 heavy (non-hydrogen) atoms. The fraction of sp³-hybridized carbons (Fsp3) is 0.182. The Morgan fingerprint density at radius 3 is 2.90 bits per heavy atom. The Bertz CT molecular complexity index is 755. The van der Waals surface area contributed by atoms with E-state index in [9.17, 15) is 13.2 Å². The normalized spacial score (nSPS) is 11.1. The van der Waals surface area contributed by atoms with Gasteiger partial charge in [-0.25, -0.2) is 23.0 Å². The smallest absolute Gasteiger partial charge is 0.337 e. The van der Waals surface area contributed by atoms with Crippen molar-refractivity contribution in [2.24, 2.45) is 0 Å². The van der Waals surface area contributed by atoms with Crippen LogP contribution in [-0.4, -0.2) is 41.3 Å². The molecule has 2 aromatic rings. The average Bonchev–Trinajstić information content (AvgIpc) is 2.86. The van der Waals surface area contributed by atoms with Gasteiger partial charge in [0.05, 0.1) is 17.1 Å². The van der Waals surface area contributed by atoms with Crippen LogP contribution < -0.4 is 9.46 Å². The Morgan fingerprint density at radius 1 is 1.48 bits per heavy atom. The zero-order valence-corrected chi connectivity index (χ0v) is 11.7. The highest BCUT2D eigenvalue weighted by Crippen LogP contribution is 2.16. The van der Waals surface area contributed by atoms with Crippen molar-refractivity contribution in [1.29, 1.82) is 0 Å².